The fraction of sp³-hybridized carbons (Fsp3) is 0.750. The molecule has 4 nitrogen and oxygen atoms in total. The summed E-state index contributed by atoms with van der Waals surface area (Å²) in [5.41, 5.74) is 0. The zero-order chi connectivity index (χ0) is 7.28. The lowest BCUT2D eigenvalue weighted by Crippen LogP contribution is -2.28. The molecule has 0 aromatic rings. The summed E-state index contributed by atoms with van der Waals surface area (Å²) >= 11 is 0. The summed E-state index contributed by atoms with van der Waals surface area (Å²) in [6, 6.07) is -0.481. The van der Waals surface area contributed by atoms with Crippen molar-refractivity contribution in [2.24, 2.45) is 0 Å². The van der Waals surface area contributed by atoms with Gasteiger partial charge in [0.25, 0.3) is 0 Å². The predicted octanol–water partition coefficient (Wildman–Crippen LogP) is 0.0765. The maximum absolute atomic E-state index is 10.5. The standard InChI is InChI=1S/C4H8NO3P/c1-3(5-9-7)4(6)8-2/h3H,1-2H3,(H,5,7)/p+1/t3-/m0/s1. The van der Waals surface area contributed by atoms with Crippen LogP contribution in [-0.4, -0.2) is 19.1 Å². The summed E-state index contributed by atoms with van der Waals surface area (Å²) in [6.45, 7) is 1.58. The normalized spacial score (nSPS) is 13.1. The highest BCUT2D eigenvalue weighted by atomic mass is 31.1. The SMILES string of the molecule is COC(=O)[C@H](C)N[PH+]=O. The van der Waals surface area contributed by atoms with Crippen molar-refractivity contribution >= 4 is 14.6 Å². The molecule has 5 heteroatoms. The summed E-state index contributed by atoms with van der Waals surface area (Å²) in [7, 11) is 0.619. The molecule has 0 aromatic heterocycles. The number of hydrogen-bond donors (Lipinski definition) is 1. The van der Waals surface area contributed by atoms with Gasteiger partial charge < -0.3 is 4.74 Å². The second-order valence-electron chi connectivity index (χ2n) is 1.49. The summed E-state index contributed by atoms with van der Waals surface area (Å²) in [5.74, 6) is -0.404. The largest absolute Gasteiger partial charge is 0.468 e. The number of carbonyl (C=O) groups is 1. The fourth-order valence-corrected chi connectivity index (χ4v) is 0.619. The molecule has 1 N–H and O–H groups in total. The Balaban J connectivity index is 3.58. The van der Waals surface area contributed by atoms with Gasteiger partial charge in [-0.1, -0.05) is 9.65 Å². The Kier molecular flexibility index (Phi) is 4.18. The second-order valence-corrected chi connectivity index (χ2v) is 1.98. The minimum absolute atomic E-state index is 0.404. The first-order valence-corrected chi connectivity index (χ1v) is 3.33. The van der Waals surface area contributed by atoms with E-state index in [9.17, 15) is 9.36 Å². The number of carbonyl (C=O) groups excluding carboxylic acids is 1. The van der Waals surface area contributed by atoms with Crippen LogP contribution in [0.3, 0.4) is 0 Å². The molecule has 2 atom stereocenters. The van der Waals surface area contributed by atoms with Crippen molar-refractivity contribution in [3.63, 3.8) is 0 Å². The van der Waals surface area contributed by atoms with Crippen LogP contribution in [-0.2, 0) is 14.1 Å². The lowest BCUT2D eigenvalue weighted by Gasteiger charge is -1.99. The van der Waals surface area contributed by atoms with E-state index in [1.165, 1.54) is 7.11 Å². The molecule has 0 saturated carbocycles. The van der Waals surface area contributed by atoms with E-state index in [1.54, 1.807) is 6.92 Å². The molecule has 0 saturated heterocycles. The van der Waals surface area contributed by atoms with Crippen LogP contribution in [0.1, 0.15) is 6.92 Å². The molecule has 1 unspecified atom stereocenters. The Morgan fingerprint density at radius 1 is 1.78 bits per heavy atom. The van der Waals surface area contributed by atoms with E-state index in [4.69, 9.17) is 0 Å². The van der Waals surface area contributed by atoms with E-state index < -0.39 is 20.6 Å². The molecule has 0 heterocycles. The topological polar surface area (TPSA) is 55.4 Å². The van der Waals surface area contributed by atoms with Crippen molar-refractivity contribution in [1.29, 1.82) is 0 Å². The molecule has 0 aliphatic rings. The fourth-order valence-electron chi connectivity index (χ4n) is 0.324. The first-order valence-electron chi connectivity index (χ1n) is 2.43. The number of methoxy groups -OCH3 is 1. The van der Waals surface area contributed by atoms with Gasteiger partial charge in [-0.3, -0.25) is 4.79 Å². The van der Waals surface area contributed by atoms with Gasteiger partial charge in [-0.2, -0.15) is 0 Å². The summed E-state index contributed by atoms with van der Waals surface area (Å²) < 4.78 is 14.2. The van der Waals surface area contributed by atoms with Crippen LogP contribution in [0.2, 0.25) is 0 Å². The minimum atomic E-state index is -0.667. The van der Waals surface area contributed by atoms with Crippen molar-refractivity contribution in [2.75, 3.05) is 7.11 Å². The van der Waals surface area contributed by atoms with Crippen LogP contribution in [0.25, 0.3) is 0 Å². The Labute approximate surface area is 54.8 Å². The van der Waals surface area contributed by atoms with E-state index in [2.05, 4.69) is 9.82 Å². The average molecular weight is 150 g/mol. The van der Waals surface area contributed by atoms with Crippen LogP contribution >= 0.6 is 8.61 Å². The Morgan fingerprint density at radius 3 is 2.67 bits per heavy atom. The summed E-state index contributed by atoms with van der Waals surface area (Å²) in [5, 5.41) is 2.39. The molecule has 0 bridgehead atoms. The second kappa shape index (κ2) is 4.41. The number of rotatable bonds is 3. The van der Waals surface area contributed by atoms with E-state index in [1.807, 2.05) is 0 Å². The highest BCUT2D eigenvalue weighted by Gasteiger charge is 2.14. The van der Waals surface area contributed by atoms with Gasteiger partial charge in [-0.15, -0.1) is 0 Å². The number of esters is 1. The monoisotopic (exact) mass is 150 g/mol. The van der Waals surface area contributed by atoms with Crippen molar-refractivity contribution in [1.82, 2.24) is 5.09 Å². The van der Waals surface area contributed by atoms with Crippen LogP contribution in [0.5, 0.6) is 0 Å². The van der Waals surface area contributed by atoms with Crippen molar-refractivity contribution in [3.8, 4) is 0 Å². The molecular formula is C4H9NO3P+. The van der Waals surface area contributed by atoms with Gasteiger partial charge in [0.1, 0.15) is 6.04 Å². The molecule has 0 rings (SSSR count). The third-order valence-corrected chi connectivity index (χ3v) is 1.38. The van der Waals surface area contributed by atoms with Gasteiger partial charge in [0.15, 0.2) is 0 Å². The minimum Gasteiger partial charge on any atom is -0.468 e. The molecule has 9 heavy (non-hydrogen) atoms. The van der Waals surface area contributed by atoms with E-state index in [-0.39, 0.29) is 0 Å². The van der Waals surface area contributed by atoms with E-state index in [0.29, 0.717) is 0 Å². The maximum atomic E-state index is 10.5. The first kappa shape index (κ1) is 8.53. The molecule has 0 aromatic carbocycles. The smallest absolute Gasteiger partial charge is 0.419 e. The molecule has 0 aliphatic carbocycles. The molecule has 0 spiro atoms. The van der Waals surface area contributed by atoms with Crippen LogP contribution < -0.4 is 5.09 Å². The molecule has 52 valence electrons. The van der Waals surface area contributed by atoms with Gasteiger partial charge >= 0.3 is 14.6 Å². The van der Waals surface area contributed by atoms with Crippen LogP contribution in [0.15, 0.2) is 0 Å². The summed E-state index contributed by atoms with van der Waals surface area (Å²) in [6.07, 6.45) is 0. The molecular weight excluding hydrogens is 141 g/mol. The van der Waals surface area contributed by atoms with Crippen molar-refractivity contribution in [2.45, 2.75) is 13.0 Å². The van der Waals surface area contributed by atoms with Gasteiger partial charge in [0, 0.05) is 0 Å². The van der Waals surface area contributed by atoms with Crippen LogP contribution in [0.4, 0.5) is 0 Å². The number of nitrogens with one attached hydrogen (secondary N) is 1. The molecule has 0 radical (unpaired) electrons. The third kappa shape index (κ3) is 3.16. The molecule has 0 amide bonds. The maximum Gasteiger partial charge on any atom is 0.419 e. The van der Waals surface area contributed by atoms with E-state index >= 15 is 0 Å². The van der Waals surface area contributed by atoms with Gasteiger partial charge in [-0.05, 0) is 6.92 Å². The van der Waals surface area contributed by atoms with Crippen molar-refractivity contribution < 1.29 is 14.1 Å². The molecule has 0 fully saturated rings. The lowest BCUT2D eigenvalue weighted by molar-refractivity contribution is -0.142. The zero-order valence-corrected chi connectivity index (χ0v) is 6.30. The highest BCUT2D eigenvalue weighted by Crippen LogP contribution is 1.90. The number of hydrogen-bond acceptors (Lipinski definition) is 3. The van der Waals surface area contributed by atoms with Gasteiger partial charge in [0.05, 0.1) is 7.11 Å². The number of ether oxygens (including phenoxy) is 1. The average Bonchev–Trinajstić information content (AvgIpc) is 1.87. The Bertz CT molecular complexity index is 116. The van der Waals surface area contributed by atoms with Crippen LogP contribution in [0, 0.1) is 0 Å². The van der Waals surface area contributed by atoms with E-state index in [0.717, 1.165) is 0 Å². The van der Waals surface area contributed by atoms with Gasteiger partial charge in [0.2, 0.25) is 0 Å². The Hall–Kier alpha value is -0.470. The molecule has 0 aliphatic heterocycles. The quantitative estimate of drug-likeness (QED) is 0.457. The highest BCUT2D eigenvalue weighted by molar-refractivity contribution is 7.21. The van der Waals surface area contributed by atoms with Gasteiger partial charge in [-0.25, -0.2) is 0 Å². The lowest BCUT2D eigenvalue weighted by atomic mass is 10.4. The predicted molar refractivity (Wildman–Crippen MR) is 33.6 cm³/mol. The first-order chi connectivity index (χ1) is 4.22. The summed E-state index contributed by atoms with van der Waals surface area (Å²) in [4.78, 5) is 10.5. The Morgan fingerprint density at radius 2 is 2.33 bits per heavy atom. The zero-order valence-electron chi connectivity index (χ0n) is 5.30. The van der Waals surface area contributed by atoms with Crippen molar-refractivity contribution in [3.05, 3.63) is 0 Å². The third-order valence-electron chi connectivity index (χ3n) is 0.830.